The number of carbonyl (C=O) groups excluding carboxylic acids is 1. The number of carbonyl (C=O) groups is 1. The fourth-order valence-corrected chi connectivity index (χ4v) is 2.58. The number of nitrogens with zero attached hydrogens (tertiary/aromatic N) is 3. The Bertz CT molecular complexity index is 673. The molecule has 0 amide bonds. The van der Waals surface area contributed by atoms with E-state index < -0.39 is 32.2 Å². The van der Waals surface area contributed by atoms with Gasteiger partial charge in [0.1, 0.15) is 5.69 Å². The first-order valence-electron chi connectivity index (χ1n) is 6.44. The lowest BCUT2D eigenvalue weighted by Crippen LogP contribution is -2.37. The molecule has 1 heterocycles. The van der Waals surface area contributed by atoms with Crippen LogP contribution in [0.3, 0.4) is 0 Å². The molecule has 1 fully saturated rings. The SMILES string of the molecule is COC(=O)c1cc([N+](=O)[O-])c(Cl)c([N+](=O)[O-])c1N1CCOCC1. The van der Waals surface area contributed by atoms with E-state index in [-0.39, 0.29) is 24.3 Å². The molecule has 1 saturated heterocycles. The molecule has 1 aromatic rings. The van der Waals surface area contributed by atoms with E-state index in [0.717, 1.165) is 13.2 Å². The number of hydrogen-bond donors (Lipinski definition) is 0. The van der Waals surface area contributed by atoms with Crippen LogP contribution in [0, 0.1) is 20.2 Å². The number of morpholine rings is 1. The molecular weight excluding hydrogens is 334 g/mol. The Morgan fingerprint density at radius 3 is 2.39 bits per heavy atom. The second-order valence-corrected chi connectivity index (χ2v) is 4.94. The van der Waals surface area contributed by atoms with Crippen molar-refractivity contribution in [2.75, 3.05) is 38.3 Å². The number of anilines is 1. The van der Waals surface area contributed by atoms with Gasteiger partial charge in [0.15, 0.2) is 5.02 Å². The smallest absolute Gasteiger partial charge is 0.340 e. The molecule has 0 saturated carbocycles. The largest absolute Gasteiger partial charge is 0.465 e. The van der Waals surface area contributed by atoms with Crippen molar-refractivity contribution in [3.63, 3.8) is 0 Å². The van der Waals surface area contributed by atoms with Crippen molar-refractivity contribution in [1.29, 1.82) is 0 Å². The molecular formula is C12H12ClN3O7. The molecule has 2 rings (SSSR count). The summed E-state index contributed by atoms with van der Waals surface area (Å²) in [5, 5.41) is 21.8. The molecule has 0 aliphatic carbocycles. The molecule has 23 heavy (non-hydrogen) atoms. The van der Waals surface area contributed by atoms with Gasteiger partial charge in [-0.2, -0.15) is 0 Å². The summed E-state index contributed by atoms with van der Waals surface area (Å²) in [5.41, 5.74) is -1.79. The van der Waals surface area contributed by atoms with E-state index in [9.17, 15) is 25.0 Å². The topological polar surface area (TPSA) is 125 Å². The highest BCUT2D eigenvalue weighted by molar-refractivity contribution is 6.35. The lowest BCUT2D eigenvalue weighted by Gasteiger charge is -2.29. The van der Waals surface area contributed by atoms with Crippen molar-refractivity contribution in [3.8, 4) is 0 Å². The molecule has 0 radical (unpaired) electrons. The summed E-state index contributed by atoms with van der Waals surface area (Å²) in [6.45, 7) is 1.15. The van der Waals surface area contributed by atoms with E-state index in [2.05, 4.69) is 4.74 Å². The highest BCUT2D eigenvalue weighted by Gasteiger charge is 2.36. The van der Waals surface area contributed by atoms with Crippen LogP contribution in [0.2, 0.25) is 5.02 Å². The Morgan fingerprint density at radius 1 is 1.30 bits per heavy atom. The molecule has 0 N–H and O–H groups in total. The molecule has 1 aliphatic rings. The number of benzene rings is 1. The first-order valence-corrected chi connectivity index (χ1v) is 6.82. The van der Waals surface area contributed by atoms with Gasteiger partial charge in [-0.15, -0.1) is 0 Å². The van der Waals surface area contributed by atoms with Crippen molar-refractivity contribution in [1.82, 2.24) is 0 Å². The minimum absolute atomic E-state index is 0.0965. The number of halogens is 1. The maximum absolute atomic E-state index is 12.0. The lowest BCUT2D eigenvalue weighted by molar-refractivity contribution is -0.393. The van der Waals surface area contributed by atoms with Crippen LogP contribution in [0.15, 0.2) is 6.07 Å². The van der Waals surface area contributed by atoms with Crippen LogP contribution in [0.4, 0.5) is 17.1 Å². The quantitative estimate of drug-likeness (QED) is 0.459. The predicted octanol–water partition coefficient (Wildman–Crippen LogP) is 1.78. The molecule has 124 valence electrons. The second kappa shape index (κ2) is 6.75. The molecule has 0 aromatic heterocycles. The molecule has 0 spiro atoms. The van der Waals surface area contributed by atoms with Gasteiger partial charge in [-0.25, -0.2) is 4.79 Å². The Hall–Kier alpha value is -2.46. The van der Waals surface area contributed by atoms with E-state index >= 15 is 0 Å². The molecule has 1 aliphatic heterocycles. The minimum atomic E-state index is -0.922. The summed E-state index contributed by atoms with van der Waals surface area (Å²) in [7, 11) is 1.08. The molecule has 0 atom stereocenters. The number of hydrogen-bond acceptors (Lipinski definition) is 8. The maximum Gasteiger partial charge on any atom is 0.340 e. The zero-order valence-electron chi connectivity index (χ0n) is 12.0. The normalized spacial score (nSPS) is 14.4. The van der Waals surface area contributed by atoms with Crippen molar-refractivity contribution in [3.05, 3.63) is 36.9 Å². The summed E-state index contributed by atoms with van der Waals surface area (Å²) in [6, 6.07) is 0.895. The first kappa shape index (κ1) is 16.9. The number of ether oxygens (including phenoxy) is 2. The summed E-state index contributed by atoms with van der Waals surface area (Å²) in [4.78, 5) is 34.2. The highest BCUT2D eigenvalue weighted by Crippen LogP contribution is 2.44. The van der Waals surface area contributed by atoms with Crippen LogP contribution in [0.1, 0.15) is 10.4 Å². The van der Waals surface area contributed by atoms with E-state index in [1.165, 1.54) is 4.90 Å². The summed E-state index contributed by atoms with van der Waals surface area (Å²) < 4.78 is 9.76. The summed E-state index contributed by atoms with van der Waals surface area (Å²) in [6.07, 6.45) is 0. The maximum atomic E-state index is 12.0. The third kappa shape index (κ3) is 3.17. The number of nitro groups is 2. The van der Waals surface area contributed by atoms with Gasteiger partial charge < -0.3 is 14.4 Å². The number of esters is 1. The van der Waals surface area contributed by atoms with Crippen molar-refractivity contribution in [2.45, 2.75) is 0 Å². The van der Waals surface area contributed by atoms with Crippen molar-refractivity contribution >= 4 is 34.6 Å². The minimum Gasteiger partial charge on any atom is -0.465 e. The first-order chi connectivity index (χ1) is 10.9. The second-order valence-electron chi connectivity index (χ2n) is 4.56. The number of methoxy groups -OCH3 is 1. The average molecular weight is 346 g/mol. The fourth-order valence-electron chi connectivity index (χ4n) is 2.29. The van der Waals surface area contributed by atoms with Crippen LogP contribution in [-0.4, -0.2) is 49.2 Å². The van der Waals surface area contributed by atoms with Crippen LogP contribution >= 0.6 is 11.6 Å². The van der Waals surface area contributed by atoms with Crippen molar-refractivity contribution in [2.24, 2.45) is 0 Å². The highest BCUT2D eigenvalue weighted by atomic mass is 35.5. The number of rotatable bonds is 4. The molecule has 0 bridgehead atoms. The monoisotopic (exact) mass is 345 g/mol. The Labute approximate surface area is 134 Å². The fraction of sp³-hybridized carbons (Fsp3) is 0.417. The Kier molecular flexibility index (Phi) is 4.96. The van der Waals surface area contributed by atoms with Gasteiger partial charge in [0, 0.05) is 19.2 Å². The molecule has 11 heteroatoms. The Morgan fingerprint density at radius 2 is 1.91 bits per heavy atom. The van der Waals surface area contributed by atoms with Gasteiger partial charge in [0.2, 0.25) is 0 Å². The van der Waals surface area contributed by atoms with E-state index in [1.54, 1.807) is 0 Å². The van der Waals surface area contributed by atoms with Crippen LogP contribution in [0.5, 0.6) is 0 Å². The van der Waals surface area contributed by atoms with Gasteiger partial charge in [-0.1, -0.05) is 11.6 Å². The molecule has 1 aromatic carbocycles. The number of nitro benzene ring substituents is 2. The van der Waals surface area contributed by atoms with Gasteiger partial charge in [0.25, 0.3) is 5.69 Å². The van der Waals surface area contributed by atoms with Gasteiger partial charge in [-0.3, -0.25) is 20.2 Å². The lowest BCUT2D eigenvalue weighted by atomic mass is 10.1. The predicted molar refractivity (Wildman–Crippen MR) is 79.1 cm³/mol. The summed E-state index contributed by atoms with van der Waals surface area (Å²) in [5.74, 6) is -0.922. The van der Waals surface area contributed by atoms with E-state index in [0.29, 0.717) is 13.2 Å². The van der Waals surface area contributed by atoms with Crippen LogP contribution in [0.25, 0.3) is 0 Å². The Balaban J connectivity index is 2.78. The standard InChI is InChI=1S/C12H12ClN3O7/c1-22-12(17)7-6-8(15(18)19)9(13)11(16(20)21)10(7)14-2-4-23-5-3-14/h6H,2-5H2,1H3. The summed E-state index contributed by atoms with van der Waals surface area (Å²) >= 11 is 5.85. The van der Waals surface area contributed by atoms with Crippen molar-refractivity contribution < 1.29 is 24.1 Å². The van der Waals surface area contributed by atoms with Crippen LogP contribution in [-0.2, 0) is 9.47 Å². The van der Waals surface area contributed by atoms with E-state index in [1.807, 2.05) is 0 Å². The van der Waals surface area contributed by atoms with Crippen LogP contribution < -0.4 is 4.90 Å². The van der Waals surface area contributed by atoms with Gasteiger partial charge in [-0.05, 0) is 0 Å². The van der Waals surface area contributed by atoms with Gasteiger partial charge >= 0.3 is 11.7 Å². The molecule has 0 unspecified atom stereocenters. The molecule has 10 nitrogen and oxygen atoms in total. The van der Waals surface area contributed by atoms with Gasteiger partial charge in [0.05, 0.1) is 35.7 Å². The zero-order chi connectivity index (χ0) is 17.1. The third-order valence-electron chi connectivity index (χ3n) is 3.31. The average Bonchev–Trinajstić information content (AvgIpc) is 2.53. The van der Waals surface area contributed by atoms with E-state index in [4.69, 9.17) is 16.3 Å². The zero-order valence-corrected chi connectivity index (χ0v) is 12.7. The third-order valence-corrected chi connectivity index (χ3v) is 3.68.